The van der Waals surface area contributed by atoms with Gasteiger partial charge in [-0.15, -0.1) is 0 Å². The van der Waals surface area contributed by atoms with Gasteiger partial charge in [0.25, 0.3) is 0 Å². The Morgan fingerprint density at radius 2 is 1.54 bits per heavy atom. The standard InChI is InChI=1S/C20H24FN3O2/c1-12(2)15-5-7-16(8-6-15)24-20(26)13(3)22-17-9-10-18(21)19(11-17)23-14(4)25/h5-13,22H,1-4H3,(H,23,25)(H,24,26). The van der Waals surface area contributed by atoms with Crippen molar-refractivity contribution in [2.45, 2.75) is 39.7 Å². The Morgan fingerprint density at radius 1 is 0.923 bits per heavy atom. The molecule has 0 aliphatic rings. The first kappa shape index (κ1) is 19.4. The number of amides is 2. The maximum atomic E-state index is 13.7. The largest absolute Gasteiger partial charge is 0.374 e. The second-order valence-electron chi connectivity index (χ2n) is 6.51. The van der Waals surface area contributed by atoms with Crippen molar-refractivity contribution < 1.29 is 14.0 Å². The third-order valence-corrected chi connectivity index (χ3v) is 3.90. The first-order chi connectivity index (χ1) is 12.3. The second-order valence-corrected chi connectivity index (χ2v) is 6.51. The summed E-state index contributed by atoms with van der Waals surface area (Å²) in [5.41, 5.74) is 2.52. The number of carbonyl (C=O) groups excluding carboxylic acids is 2. The van der Waals surface area contributed by atoms with Crippen LogP contribution in [0.4, 0.5) is 21.5 Å². The van der Waals surface area contributed by atoms with E-state index in [1.807, 2.05) is 24.3 Å². The SMILES string of the molecule is CC(=O)Nc1cc(NC(C)C(=O)Nc2ccc(C(C)C)cc2)ccc1F. The lowest BCUT2D eigenvalue weighted by atomic mass is 10.0. The van der Waals surface area contributed by atoms with Crippen molar-refractivity contribution in [2.24, 2.45) is 0 Å². The van der Waals surface area contributed by atoms with Gasteiger partial charge in [-0.1, -0.05) is 26.0 Å². The summed E-state index contributed by atoms with van der Waals surface area (Å²) in [5.74, 6) is -0.686. The average Bonchev–Trinajstić information content (AvgIpc) is 2.57. The van der Waals surface area contributed by atoms with Crippen LogP contribution in [-0.4, -0.2) is 17.9 Å². The molecule has 2 aromatic carbocycles. The molecule has 6 heteroatoms. The van der Waals surface area contributed by atoms with E-state index >= 15 is 0 Å². The van der Waals surface area contributed by atoms with E-state index in [0.29, 0.717) is 17.3 Å². The van der Waals surface area contributed by atoms with Crippen molar-refractivity contribution in [2.75, 3.05) is 16.0 Å². The van der Waals surface area contributed by atoms with Crippen molar-refractivity contribution in [3.05, 3.63) is 53.8 Å². The van der Waals surface area contributed by atoms with Gasteiger partial charge in [-0.25, -0.2) is 4.39 Å². The number of halogens is 1. The van der Waals surface area contributed by atoms with Crippen LogP contribution in [0.2, 0.25) is 0 Å². The zero-order valence-electron chi connectivity index (χ0n) is 15.4. The molecule has 0 bridgehead atoms. The molecule has 1 unspecified atom stereocenters. The van der Waals surface area contributed by atoms with Gasteiger partial charge in [0.15, 0.2) is 0 Å². The number of benzene rings is 2. The van der Waals surface area contributed by atoms with Crippen LogP contribution in [0.15, 0.2) is 42.5 Å². The minimum atomic E-state index is -0.546. The predicted molar refractivity (Wildman–Crippen MR) is 103 cm³/mol. The molecule has 0 saturated heterocycles. The van der Waals surface area contributed by atoms with Crippen LogP contribution in [0, 0.1) is 5.82 Å². The molecule has 0 aromatic heterocycles. The highest BCUT2D eigenvalue weighted by Gasteiger charge is 2.14. The topological polar surface area (TPSA) is 70.2 Å². The number of nitrogens with one attached hydrogen (secondary N) is 3. The predicted octanol–water partition coefficient (Wildman–Crippen LogP) is 4.35. The van der Waals surface area contributed by atoms with Gasteiger partial charge < -0.3 is 16.0 Å². The first-order valence-electron chi connectivity index (χ1n) is 8.50. The molecule has 0 aliphatic heterocycles. The van der Waals surface area contributed by atoms with E-state index in [-0.39, 0.29) is 17.5 Å². The van der Waals surface area contributed by atoms with Gasteiger partial charge in [0.2, 0.25) is 11.8 Å². The molecular weight excluding hydrogens is 333 g/mol. The summed E-state index contributed by atoms with van der Waals surface area (Å²) < 4.78 is 13.7. The second kappa shape index (κ2) is 8.47. The third kappa shape index (κ3) is 5.31. The minimum Gasteiger partial charge on any atom is -0.374 e. The van der Waals surface area contributed by atoms with Crippen LogP contribution in [0.3, 0.4) is 0 Å². The van der Waals surface area contributed by atoms with Crippen LogP contribution in [0.5, 0.6) is 0 Å². The Hall–Kier alpha value is -2.89. The van der Waals surface area contributed by atoms with Gasteiger partial charge in [0.05, 0.1) is 5.69 Å². The highest BCUT2D eigenvalue weighted by atomic mass is 19.1. The molecule has 2 aromatic rings. The maximum absolute atomic E-state index is 13.7. The summed E-state index contributed by atoms with van der Waals surface area (Å²) in [7, 11) is 0. The molecule has 0 aliphatic carbocycles. The summed E-state index contributed by atoms with van der Waals surface area (Å²) in [5, 5.41) is 8.26. The summed E-state index contributed by atoms with van der Waals surface area (Å²) in [6.07, 6.45) is 0. The molecule has 0 saturated carbocycles. The highest BCUT2D eigenvalue weighted by molar-refractivity contribution is 5.96. The van der Waals surface area contributed by atoms with Gasteiger partial charge in [-0.3, -0.25) is 9.59 Å². The average molecular weight is 357 g/mol. The van der Waals surface area contributed by atoms with E-state index in [2.05, 4.69) is 29.8 Å². The molecule has 0 heterocycles. The Kier molecular flexibility index (Phi) is 6.33. The van der Waals surface area contributed by atoms with Crippen LogP contribution >= 0.6 is 0 Å². The molecule has 26 heavy (non-hydrogen) atoms. The first-order valence-corrected chi connectivity index (χ1v) is 8.50. The van der Waals surface area contributed by atoms with Crippen LogP contribution in [-0.2, 0) is 9.59 Å². The fourth-order valence-corrected chi connectivity index (χ4v) is 2.42. The molecule has 2 rings (SSSR count). The molecular formula is C20H24FN3O2. The molecule has 1 atom stereocenters. The Bertz CT molecular complexity index is 788. The zero-order valence-corrected chi connectivity index (χ0v) is 15.4. The number of anilines is 3. The van der Waals surface area contributed by atoms with Gasteiger partial charge >= 0.3 is 0 Å². The van der Waals surface area contributed by atoms with Crippen molar-refractivity contribution in [1.82, 2.24) is 0 Å². The summed E-state index contributed by atoms with van der Waals surface area (Å²) >= 11 is 0. The van der Waals surface area contributed by atoms with Crippen LogP contribution in [0.25, 0.3) is 0 Å². The van der Waals surface area contributed by atoms with E-state index in [4.69, 9.17) is 0 Å². The smallest absolute Gasteiger partial charge is 0.246 e. The summed E-state index contributed by atoms with van der Waals surface area (Å²) in [4.78, 5) is 23.5. The Morgan fingerprint density at radius 3 is 2.12 bits per heavy atom. The summed E-state index contributed by atoms with van der Waals surface area (Å²) in [6, 6.07) is 11.4. The van der Waals surface area contributed by atoms with Crippen LogP contribution < -0.4 is 16.0 Å². The van der Waals surface area contributed by atoms with Gasteiger partial charge in [0, 0.05) is 18.3 Å². The maximum Gasteiger partial charge on any atom is 0.246 e. The molecule has 3 N–H and O–H groups in total. The fraction of sp³-hybridized carbons (Fsp3) is 0.300. The van der Waals surface area contributed by atoms with E-state index < -0.39 is 11.9 Å². The monoisotopic (exact) mass is 357 g/mol. The molecule has 0 fully saturated rings. The number of carbonyl (C=O) groups is 2. The summed E-state index contributed by atoms with van der Waals surface area (Å²) in [6.45, 7) is 7.23. The molecule has 138 valence electrons. The lowest BCUT2D eigenvalue weighted by Crippen LogP contribution is -2.31. The number of hydrogen-bond donors (Lipinski definition) is 3. The number of rotatable bonds is 6. The number of hydrogen-bond acceptors (Lipinski definition) is 3. The zero-order chi connectivity index (χ0) is 19.3. The Balaban J connectivity index is 2.01. The lowest BCUT2D eigenvalue weighted by Gasteiger charge is -2.16. The van der Waals surface area contributed by atoms with E-state index in [1.54, 1.807) is 6.92 Å². The van der Waals surface area contributed by atoms with Gasteiger partial charge in [-0.2, -0.15) is 0 Å². The van der Waals surface area contributed by atoms with Gasteiger partial charge in [0.1, 0.15) is 11.9 Å². The lowest BCUT2D eigenvalue weighted by molar-refractivity contribution is -0.116. The van der Waals surface area contributed by atoms with Crippen molar-refractivity contribution in [1.29, 1.82) is 0 Å². The molecule has 5 nitrogen and oxygen atoms in total. The van der Waals surface area contributed by atoms with E-state index in [9.17, 15) is 14.0 Å². The fourth-order valence-electron chi connectivity index (χ4n) is 2.42. The highest BCUT2D eigenvalue weighted by Crippen LogP contribution is 2.21. The van der Waals surface area contributed by atoms with Gasteiger partial charge in [-0.05, 0) is 48.7 Å². The quantitative estimate of drug-likeness (QED) is 0.720. The van der Waals surface area contributed by atoms with Crippen molar-refractivity contribution >= 4 is 28.9 Å². The Labute approximate surface area is 153 Å². The van der Waals surface area contributed by atoms with E-state index in [1.165, 1.54) is 30.7 Å². The minimum absolute atomic E-state index is 0.0689. The molecule has 0 radical (unpaired) electrons. The molecule has 0 spiro atoms. The van der Waals surface area contributed by atoms with Crippen molar-refractivity contribution in [3.63, 3.8) is 0 Å². The van der Waals surface area contributed by atoms with Crippen molar-refractivity contribution in [3.8, 4) is 0 Å². The van der Waals surface area contributed by atoms with Crippen LogP contribution in [0.1, 0.15) is 39.2 Å². The third-order valence-electron chi connectivity index (χ3n) is 3.90. The normalized spacial score (nSPS) is 11.8. The molecule has 2 amide bonds. The van der Waals surface area contributed by atoms with E-state index in [0.717, 1.165) is 0 Å².